The Morgan fingerprint density at radius 3 is 2.58 bits per heavy atom. The number of carbonyl (C=O) groups is 2. The van der Waals surface area contributed by atoms with E-state index in [1.807, 2.05) is 0 Å². The molecule has 0 atom stereocenters. The molecule has 0 fully saturated rings. The number of ether oxygens (including phenoxy) is 1. The molecule has 3 rings (SSSR count). The van der Waals surface area contributed by atoms with Gasteiger partial charge in [0.05, 0.1) is 7.11 Å². The molecule has 0 aliphatic heterocycles. The quantitative estimate of drug-likeness (QED) is 0.836. The molecular formula is C14H9NO4. The van der Waals surface area contributed by atoms with Crippen LogP contribution in [0.4, 0.5) is 0 Å². The van der Waals surface area contributed by atoms with Crippen LogP contribution in [0, 0.1) is 0 Å². The Morgan fingerprint density at radius 1 is 1.11 bits per heavy atom. The lowest BCUT2D eigenvalue weighted by Crippen LogP contribution is -2.27. The second kappa shape index (κ2) is 3.91. The Morgan fingerprint density at radius 2 is 1.84 bits per heavy atom. The number of nitrogens with one attached hydrogen (secondary N) is 1. The summed E-state index contributed by atoms with van der Waals surface area (Å²) in [7, 11) is 1.29. The van der Waals surface area contributed by atoms with E-state index in [0.29, 0.717) is 10.9 Å². The van der Waals surface area contributed by atoms with Crippen LogP contribution in [-0.4, -0.2) is 23.7 Å². The van der Waals surface area contributed by atoms with Crippen LogP contribution in [0.1, 0.15) is 20.8 Å². The van der Waals surface area contributed by atoms with Gasteiger partial charge in [0.2, 0.25) is 17.0 Å². The van der Waals surface area contributed by atoms with Crippen LogP contribution < -0.4 is 5.43 Å². The molecule has 0 unspecified atom stereocenters. The number of Topliss-reactive ketones (excluding diaryl/α,β-unsaturated/α-hetero) is 1. The molecule has 5 nitrogen and oxygen atoms in total. The number of ketones is 2. The molecule has 2 aromatic rings. The molecule has 1 aromatic heterocycles. The maximum Gasteiger partial charge on any atom is 0.233 e. The normalized spacial score (nSPS) is 14.3. The summed E-state index contributed by atoms with van der Waals surface area (Å²) in [5.74, 6) is -1.11. The van der Waals surface area contributed by atoms with Crippen LogP contribution in [0.15, 0.2) is 40.9 Å². The van der Waals surface area contributed by atoms with Crippen molar-refractivity contribution in [3.05, 3.63) is 57.6 Å². The van der Waals surface area contributed by atoms with Gasteiger partial charge in [0.25, 0.3) is 0 Å². The summed E-state index contributed by atoms with van der Waals surface area (Å²) in [6.45, 7) is 0. The maximum absolute atomic E-state index is 12.3. The standard InChI is InChI=1S/C14H9NO4/c1-19-10-6-9(16)12-11(14(10)18)13(17)7-4-2-3-5-8(7)15-12/h2-6H,1H3,(H,15,17). The summed E-state index contributed by atoms with van der Waals surface area (Å²) in [4.78, 5) is 39.2. The number of para-hydroxylation sites is 1. The minimum absolute atomic E-state index is 0.0227. The highest BCUT2D eigenvalue weighted by atomic mass is 16.5. The van der Waals surface area contributed by atoms with Gasteiger partial charge in [0, 0.05) is 17.0 Å². The average Bonchev–Trinajstić information content (AvgIpc) is 2.42. The summed E-state index contributed by atoms with van der Waals surface area (Å²) in [6.07, 6.45) is 1.09. The van der Waals surface area contributed by atoms with Crippen LogP contribution in [0.3, 0.4) is 0 Å². The van der Waals surface area contributed by atoms with E-state index < -0.39 is 17.0 Å². The van der Waals surface area contributed by atoms with Crippen molar-refractivity contribution in [2.75, 3.05) is 7.11 Å². The fourth-order valence-electron chi connectivity index (χ4n) is 2.17. The zero-order valence-corrected chi connectivity index (χ0v) is 10.0. The van der Waals surface area contributed by atoms with Crippen LogP contribution in [0.2, 0.25) is 0 Å². The van der Waals surface area contributed by atoms with Crippen LogP contribution in [-0.2, 0) is 4.74 Å². The molecule has 1 heterocycles. The predicted octanol–water partition coefficient (Wildman–Crippen LogP) is 1.44. The van der Waals surface area contributed by atoms with Gasteiger partial charge in [0.15, 0.2) is 5.76 Å². The largest absolute Gasteiger partial charge is 0.492 e. The zero-order chi connectivity index (χ0) is 13.6. The van der Waals surface area contributed by atoms with Gasteiger partial charge in [-0.05, 0) is 12.1 Å². The summed E-state index contributed by atoms with van der Waals surface area (Å²) in [5.41, 5.74) is -0.0513. The monoisotopic (exact) mass is 255 g/mol. The molecule has 0 amide bonds. The minimum Gasteiger partial charge on any atom is -0.492 e. The number of benzene rings is 1. The van der Waals surface area contributed by atoms with Gasteiger partial charge in [-0.1, -0.05) is 12.1 Å². The zero-order valence-electron chi connectivity index (χ0n) is 10.0. The lowest BCUT2D eigenvalue weighted by atomic mass is 9.96. The number of carbonyl (C=O) groups excluding carboxylic acids is 2. The number of allylic oxidation sites excluding steroid dienone is 2. The van der Waals surface area contributed by atoms with E-state index in [2.05, 4.69) is 4.98 Å². The van der Waals surface area contributed by atoms with Gasteiger partial charge in [0.1, 0.15) is 11.3 Å². The molecule has 0 saturated carbocycles. The number of methoxy groups -OCH3 is 1. The van der Waals surface area contributed by atoms with Gasteiger partial charge in [-0.25, -0.2) is 0 Å². The van der Waals surface area contributed by atoms with Crippen molar-refractivity contribution in [1.82, 2.24) is 4.98 Å². The summed E-state index contributed by atoms with van der Waals surface area (Å²) in [6, 6.07) is 6.74. The fourth-order valence-corrected chi connectivity index (χ4v) is 2.17. The van der Waals surface area contributed by atoms with Gasteiger partial charge >= 0.3 is 0 Å². The second-order valence-electron chi connectivity index (χ2n) is 4.16. The van der Waals surface area contributed by atoms with E-state index in [4.69, 9.17) is 4.74 Å². The van der Waals surface area contributed by atoms with E-state index in [1.54, 1.807) is 24.3 Å². The van der Waals surface area contributed by atoms with E-state index in [0.717, 1.165) is 6.08 Å². The molecule has 1 N–H and O–H groups in total. The van der Waals surface area contributed by atoms with E-state index >= 15 is 0 Å². The third kappa shape index (κ3) is 1.52. The van der Waals surface area contributed by atoms with Crippen LogP contribution >= 0.6 is 0 Å². The lowest BCUT2D eigenvalue weighted by molar-refractivity contribution is 0.0913. The Bertz CT molecular complexity index is 814. The average molecular weight is 255 g/mol. The van der Waals surface area contributed by atoms with Crippen molar-refractivity contribution in [3.8, 4) is 0 Å². The van der Waals surface area contributed by atoms with Crippen molar-refractivity contribution in [3.63, 3.8) is 0 Å². The van der Waals surface area contributed by atoms with Crippen molar-refractivity contribution < 1.29 is 14.3 Å². The first kappa shape index (κ1) is 11.4. The molecule has 94 valence electrons. The van der Waals surface area contributed by atoms with Gasteiger partial charge < -0.3 is 9.72 Å². The highest BCUT2D eigenvalue weighted by Crippen LogP contribution is 2.20. The number of pyridine rings is 1. The van der Waals surface area contributed by atoms with Crippen molar-refractivity contribution in [2.24, 2.45) is 0 Å². The molecule has 5 heteroatoms. The van der Waals surface area contributed by atoms with Crippen LogP contribution in [0.5, 0.6) is 0 Å². The molecule has 0 bridgehead atoms. The Hall–Kier alpha value is -2.69. The minimum atomic E-state index is -0.566. The summed E-state index contributed by atoms with van der Waals surface area (Å²) < 4.78 is 4.84. The number of aromatic amines is 1. The van der Waals surface area contributed by atoms with Crippen molar-refractivity contribution in [1.29, 1.82) is 0 Å². The second-order valence-corrected chi connectivity index (χ2v) is 4.16. The number of aromatic nitrogens is 1. The number of fused-ring (bicyclic) bond motifs is 2. The smallest absolute Gasteiger partial charge is 0.233 e. The first-order valence-electron chi connectivity index (χ1n) is 5.63. The van der Waals surface area contributed by atoms with E-state index in [1.165, 1.54) is 7.11 Å². The van der Waals surface area contributed by atoms with Crippen molar-refractivity contribution in [2.45, 2.75) is 0 Å². The topological polar surface area (TPSA) is 76.2 Å². The molecule has 0 saturated heterocycles. The SMILES string of the molecule is COC1=CC(=O)c2[nH]c3ccccc3c(=O)c2C1=O. The third-order valence-electron chi connectivity index (χ3n) is 3.09. The summed E-state index contributed by atoms with van der Waals surface area (Å²) >= 11 is 0. The Balaban J connectivity index is 2.43. The predicted molar refractivity (Wildman–Crippen MR) is 68.3 cm³/mol. The molecule has 19 heavy (non-hydrogen) atoms. The maximum atomic E-state index is 12.3. The van der Waals surface area contributed by atoms with E-state index in [-0.39, 0.29) is 17.0 Å². The molecule has 1 aliphatic rings. The number of rotatable bonds is 1. The van der Waals surface area contributed by atoms with Crippen molar-refractivity contribution >= 4 is 22.5 Å². The van der Waals surface area contributed by atoms with Gasteiger partial charge in [-0.3, -0.25) is 14.4 Å². The number of hydrogen-bond donors (Lipinski definition) is 1. The lowest BCUT2D eigenvalue weighted by Gasteiger charge is -2.14. The highest BCUT2D eigenvalue weighted by Gasteiger charge is 2.30. The number of hydrogen-bond acceptors (Lipinski definition) is 4. The first-order valence-corrected chi connectivity index (χ1v) is 5.63. The molecule has 1 aliphatic carbocycles. The Labute approximate surface area is 107 Å². The van der Waals surface area contributed by atoms with Gasteiger partial charge in [-0.15, -0.1) is 0 Å². The van der Waals surface area contributed by atoms with Crippen LogP contribution in [0.25, 0.3) is 10.9 Å². The fraction of sp³-hybridized carbons (Fsp3) is 0.0714. The summed E-state index contributed by atoms with van der Waals surface area (Å²) in [5, 5.41) is 0.375. The highest BCUT2D eigenvalue weighted by molar-refractivity contribution is 6.23. The molecule has 1 aromatic carbocycles. The Kier molecular flexibility index (Phi) is 2.35. The molecular weight excluding hydrogens is 246 g/mol. The third-order valence-corrected chi connectivity index (χ3v) is 3.09. The van der Waals surface area contributed by atoms with E-state index in [9.17, 15) is 14.4 Å². The molecule has 0 spiro atoms. The number of H-pyrrole nitrogens is 1. The molecule has 0 radical (unpaired) electrons. The first-order chi connectivity index (χ1) is 9.13. The van der Waals surface area contributed by atoms with Gasteiger partial charge in [-0.2, -0.15) is 0 Å².